The minimum atomic E-state index is -0.214. The van der Waals surface area contributed by atoms with E-state index in [4.69, 9.17) is 0 Å². The first-order valence-corrected chi connectivity index (χ1v) is 7.94. The molecular weight excluding hydrogens is 321 g/mol. The fraction of sp³-hybridized carbons (Fsp3) is 0.500. The average molecular weight is 340 g/mol. The van der Waals surface area contributed by atoms with Gasteiger partial charge in [0.25, 0.3) is 0 Å². The monoisotopic (exact) mass is 339 g/mol. The zero-order chi connectivity index (χ0) is 14.3. The molecule has 2 aromatic rings. The molecule has 0 amide bonds. The van der Waals surface area contributed by atoms with Gasteiger partial charge in [-0.05, 0) is 71.6 Å². The molecule has 0 unspecified atom stereocenters. The van der Waals surface area contributed by atoms with Crippen LogP contribution in [0.15, 0.2) is 22.7 Å². The Morgan fingerprint density at radius 3 is 2.60 bits per heavy atom. The lowest BCUT2D eigenvalue weighted by molar-refractivity contribution is 0.181. The summed E-state index contributed by atoms with van der Waals surface area (Å²) in [7, 11) is 2.02. The van der Waals surface area contributed by atoms with Gasteiger partial charge in [-0.2, -0.15) is 0 Å². The number of hydrogen-bond donors (Lipinski definition) is 1. The summed E-state index contributed by atoms with van der Waals surface area (Å²) in [6.45, 7) is 0.306. The van der Waals surface area contributed by atoms with E-state index in [2.05, 4.69) is 26.6 Å². The Morgan fingerprint density at radius 2 is 1.95 bits per heavy atom. The molecular formula is C16H19BrFNO. The first-order valence-electron chi connectivity index (χ1n) is 7.15. The minimum absolute atomic E-state index is 0.214. The van der Waals surface area contributed by atoms with Crippen LogP contribution in [0.3, 0.4) is 0 Å². The molecule has 20 heavy (non-hydrogen) atoms. The van der Waals surface area contributed by atoms with Crippen LogP contribution in [0.2, 0.25) is 0 Å². The Balaban J connectivity index is 1.94. The van der Waals surface area contributed by atoms with Crippen LogP contribution in [0.5, 0.6) is 0 Å². The van der Waals surface area contributed by atoms with E-state index in [1.807, 2.05) is 13.1 Å². The first kappa shape index (κ1) is 14.1. The molecule has 1 N–H and O–H groups in total. The Kier molecular flexibility index (Phi) is 3.87. The molecule has 1 aliphatic rings. The zero-order valence-electron chi connectivity index (χ0n) is 11.6. The summed E-state index contributed by atoms with van der Waals surface area (Å²) >= 11 is 3.25. The number of rotatable bonds is 2. The molecule has 0 bridgehead atoms. The number of halogens is 2. The third-order valence-electron chi connectivity index (χ3n) is 4.64. The molecule has 0 spiro atoms. The van der Waals surface area contributed by atoms with E-state index < -0.39 is 0 Å². The summed E-state index contributed by atoms with van der Waals surface area (Å²) in [5.74, 6) is 0.777. The van der Waals surface area contributed by atoms with Crippen LogP contribution in [0.25, 0.3) is 10.9 Å². The van der Waals surface area contributed by atoms with E-state index in [0.717, 1.165) is 36.6 Å². The highest BCUT2D eigenvalue weighted by atomic mass is 79.9. The lowest BCUT2D eigenvalue weighted by Gasteiger charge is -2.27. The number of aromatic nitrogens is 1. The molecule has 3 rings (SSSR count). The lowest BCUT2D eigenvalue weighted by atomic mass is 9.81. The second kappa shape index (κ2) is 5.49. The average Bonchev–Trinajstić information content (AvgIpc) is 2.77. The van der Waals surface area contributed by atoms with Crippen molar-refractivity contribution in [1.82, 2.24) is 4.57 Å². The summed E-state index contributed by atoms with van der Waals surface area (Å²) in [4.78, 5) is 0. The number of aliphatic hydroxyl groups is 1. The van der Waals surface area contributed by atoms with Gasteiger partial charge in [0.15, 0.2) is 0 Å². The van der Waals surface area contributed by atoms with Crippen LogP contribution in [0.1, 0.15) is 37.3 Å². The van der Waals surface area contributed by atoms with Gasteiger partial charge in [-0.15, -0.1) is 0 Å². The Morgan fingerprint density at radius 1 is 1.25 bits per heavy atom. The second-order valence-corrected chi connectivity index (χ2v) is 6.71. The van der Waals surface area contributed by atoms with E-state index in [9.17, 15) is 9.50 Å². The molecule has 2 nitrogen and oxygen atoms in total. The molecule has 1 aromatic heterocycles. The van der Waals surface area contributed by atoms with Gasteiger partial charge < -0.3 is 9.67 Å². The maximum absolute atomic E-state index is 13.7. The SMILES string of the molecule is Cn1c(C2CCC(CO)CC2)cc2cc(Br)c(F)cc21. The zero-order valence-corrected chi connectivity index (χ0v) is 13.2. The summed E-state index contributed by atoms with van der Waals surface area (Å²) < 4.78 is 16.3. The van der Waals surface area contributed by atoms with Crippen molar-refractivity contribution < 1.29 is 9.50 Å². The van der Waals surface area contributed by atoms with E-state index in [1.165, 1.54) is 5.69 Å². The predicted molar refractivity (Wildman–Crippen MR) is 82.4 cm³/mol. The van der Waals surface area contributed by atoms with Gasteiger partial charge >= 0.3 is 0 Å². The predicted octanol–water partition coefficient (Wildman–Crippen LogP) is 4.35. The van der Waals surface area contributed by atoms with Gasteiger partial charge in [0.05, 0.1) is 9.99 Å². The van der Waals surface area contributed by atoms with Crippen LogP contribution in [-0.4, -0.2) is 16.3 Å². The molecule has 0 atom stereocenters. The maximum atomic E-state index is 13.7. The molecule has 0 radical (unpaired) electrons. The van der Waals surface area contributed by atoms with Gasteiger partial charge in [0.1, 0.15) is 5.82 Å². The number of aryl methyl sites for hydroxylation is 1. The summed E-state index contributed by atoms with van der Waals surface area (Å²) in [5.41, 5.74) is 2.24. The summed E-state index contributed by atoms with van der Waals surface area (Å²) in [5, 5.41) is 10.3. The van der Waals surface area contributed by atoms with Gasteiger partial charge in [0, 0.05) is 24.7 Å². The molecule has 1 aromatic carbocycles. The fourth-order valence-electron chi connectivity index (χ4n) is 3.39. The van der Waals surface area contributed by atoms with Crippen molar-refractivity contribution in [2.45, 2.75) is 31.6 Å². The standard InChI is InChI=1S/C16H19BrFNO/c1-19-15(11-4-2-10(9-20)3-5-11)7-12-6-13(17)14(18)8-16(12)19/h6-8,10-11,20H,2-5,9H2,1H3. The van der Waals surface area contributed by atoms with Gasteiger partial charge in [0.2, 0.25) is 0 Å². The second-order valence-electron chi connectivity index (χ2n) is 5.85. The van der Waals surface area contributed by atoms with Crippen LogP contribution < -0.4 is 0 Å². The number of hydrogen-bond acceptors (Lipinski definition) is 1. The molecule has 1 saturated carbocycles. The molecule has 108 valence electrons. The van der Waals surface area contributed by atoms with Crippen molar-refractivity contribution in [3.05, 3.63) is 34.2 Å². The highest BCUT2D eigenvalue weighted by Gasteiger charge is 2.24. The van der Waals surface area contributed by atoms with Crippen LogP contribution in [-0.2, 0) is 7.05 Å². The van der Waals surface area contributed by atoms with Crippen molar-refractivity contribution in [1.29, 1.82) is 0 Å². The maximum Gasteiger partial charge on any atom is 0.139 e. The van der Waals surface area contributed by atoms with Gasteiger partial charge in [-0.1, -0.05) is 0 Å². The summed E-state index contributed by atoms with van der Waals surface area (Å²) in [6.07, 6.45) is 4.39. The number of fused-ring (bicyclic) bond motifs is 1. The van der Waals surface area contributed by atoms with Crippen LogP contribution >= 0.6 is 15.9 Å². The van der Waals surface area contributed by atoms with Gasteiger partial charge in [-0.3, -0.25) is 0 Å². The quantitative estimate of drug-likeness (QED) is 0.864. The van der Waals surface area contributed by atoms with E-state index in [-0.39, 0.29) is 5.82 Å². The minimum Gasteiger partial charge on any atom is -0.396 e. The van der Waals surface area contributed by atoms with E-state index >= 15 is 0 Å². The smallest absolute Gasteiger partial charge is 0.139 e. The first-order chi connectivity index (χ1) is 9.60. The van der Waals surface area contributed by atoms with Crippen molar-refractivity contribution >= 4 is 26.8 Å². The Labute approximate surface area is 126 Å². The normalized spacial score (nSPS) is 23.4. The van der Waals surface area contributed by atoms with Crippen LogP contribution in [0.4, 0.5) is 4.39 Å². The Bertz CT molecular complexity index is 629. The van der Waals surface area contributed by atoms with E-state index in [1.54, 1.807) is 6.07 Å². The van der Waals surface area contributed by atoms with Crippen molar-refractivity contribution in [3.63, 3.8) is 0 Å². The Hall–Kier alpha value is -0.870. The van der Waals surface area contributed by atoms with Gasteiger partial charge in [-0.25, -0.2) is 4.39 Å². The molecule has 1 fully saturated rings. The van der Waals surface area contributed by atoms with Crippen molar-refractivity contribution in [2.24, 2.45) is 13.0 Å². The largest absolute Gasteiger partial charge is 0.396 e. The highest BCUT2D eigenvalue weighted by Crippen LogP contribution is 2.38. The topological polar surface area (TPSA) is 25.2 Å². The van der Waals surface area contributed by atoms with Crippen LogP contribution in [0, 0.1) is 11.7 Å². The number of benzene rings is 1. The van der Waals surface area contributed by atoms with Crippen molar-refractivity contribution in [3.8, 4) is 0 Å². The molecule has 0 aliphatic heterocycles. The summed E-state index contributed by atoms with van der Waals surface area (Å²) in [6, 6.07) is 5.64. The molecule has 1 aliphatic carbocycles. The lowest BCUT2D eigenvalue weighted by Crippen LogP contribution is -2.17. The molecule has 4 heteroatoms. The van der Waals surface area contributed by atoms with Crippen molar-refractivity contribution in [2.75, 3.05) is 6.61 Å². The third-order valence-corrected chi connectivity index (χ3v) is 5.25. The molecule has 0 saturated heterocycles. The molecule has 1 heterocycles. The third kappa shape index (κ3) is 2.40. The fourth-order valence-corrected chi connectivity index (χ4v) is 3.75. The highest BCUT2D eigenvalue weighted by molar-refractivity contribution is 9.10. The van der Waals surface area contributed by atoms with E-state index in [0.29, 0.717) is 22.9 Å². The number of aliphatic hydroxyl groups excluding tert-OH is 1. The number of nitrogens with zero attached hydrogens (tertiary/aromatic N) is 1.